The second kappa shape index (κ2) is 9.12. The Morgan fingerprint density at radius 3 is 2.58 bits per heavy atom. The number of pyridine rings is 1. The van der Waals surface area contributed by atoms with E-state index < -0.39 is 5.91 Å². The lowest BCUT2D eigenvalue weighted by atomic mass is 9.88. The standard InChI is InChI=1S/C22H25BN6O2/c1-12(2)29(11-24)20(25)17-5-4-6-19(26-17)28-22(31)15-10-18(13(3)9-16(15)23)27-21(30)14-7-8-14/h4-6,9-12,14,24-25H,7-8H2,1-3H3,(H,27,30)(H,26,28,31). The number of benzene rings is 1. The largest absolute Gasteiger partial charge is 0.326 e. The molecule has 0 atom stereocenters. The first kappa shape index (κ1) is 22.2. The zero-order chi connectivity index (χ0) is 22.7. The van der Waals surface area contributed by atoms with E-state index >= 15 is 0 Å². The highest BCUT2D eigenvalue weighted by Gasteiger charge is 2.30. The molecule has 2 aromatic rings. The van der Waals surface area contributed by atoms with Crippen molar-refractivity contribution in [2.45, 2.75) is 39.7 Å². The molecule has 0 bridgehead atoms. The zero-order valence-electron chi connectivity index (χ0n) is 17.8. The van der Waals surface area contributed by atoms with E-state index in [0.29, 0.717) is 11.4 Å². The van der Waals surface area contributed by atoms with Crippen LogP contribution in [0, 0.1) is 23.7 Å². The molecule has 1 heterocycles. The van der Waals surface area contributed by atoms with Crippen LogP contribution in [0.4, 0.5) is 11.5 Å². The minimum Gasteiger partial charge on any atom is -0.326 e. The third-order valence-corrected chi connectivity index (χ3v) is 5.03. The van der Waals surface area contributed by atoms with Gasteiger partial charge in [0.15, 0.2) is 5.84 Å². The van der Waals surface area contributed by atoms with Crippen LogP contribution in [0.5, 0.6) is 0 Å². The van der Waals surface area contributed by atoms with Crippen molar-refractivity contribution in [2.75, 3.05) is 10.6 Å². The van der Waals surface area contributed by atoms with Gasteiger partial charge < -0.3 is 15.5 Å². The molecule has 1 aromatic carbocycles. The van der Waals surface area contributed by atoms with E-state index in [4.69, 9.17) is 18.7 Å². The van der Waals surface area contributed by atoms with Crippen LogP contribution in [-0.4, -0.2) is 47.8 Å². The maximum atomic E-state index is 12.9. The average Bonchev–Trinajstić information content (AvgIpc) is 3.55. The fraction of sp³-hybridized carbons (Fsp3) is 0.318. The number of amidine groups is 1. The van der Waals surface area contributed by atoms with Gasteiger partial charge in [0.05, 0.1) is 6.34 Å². The monoisotopic (exact) mass is 416 g/mol. The fourth-order valence-electron chi connectivity index (χ4n) is 3.07. The summed E-state index contributed by atoms with van der Waals surface area (Å²) >= 11 is 0. The fourth-order valence-corrected chi connectivity index (χ4v) is 3.07. The first-order valence-electron chi connectivity index (χ1n) is 10.1. The molecular weight excluding hydrogens is 391 g/mol. The van der Waals surface area contributed by atoms with E-state index in [2.05, 4.69) is 15.6 Å². The Morgan fingerprint density at radius 2 is 1.97 bits per heavy atom. The molecule has 1 aliphatic rings. The molecule has 0 unspecified atom stereocenters. The highest BCUT2D eigenvalue weighted by atomic mass is 16.2. The van der Waals surface area contributed by atoms with Gasteiger partial charge in [0, 0.05) is 23.2 Å². The first-order chi connectivity index (χ1) is 14.7. The van der Waals surface area contributed by atoms with Gasteiger partial charge in [0.25, 0.3) is 5.91 Å². The third-order valence-electron chi connectivity index (χ3n) is 5.03. The van der Waals surface area contributed by atoms with Crippen LogP contribution in [0.25, 0.3) is 0 Å². The summed E-state index contributed by atoms with van der Waals surface area (Å²) in [6, 6.07) is 8.07. The predicted octanol–water partition coefficient (Wildman–Crippen LogP) is 2.43. The van der Waals surface area contributed by atoms with Gasteiger partial charge in [-0.2, -0.15) is 0 Å². The molecule has 0 saturated heterocycles. The molecule has 1 saturated carbocycles. The molecule has 9 heteroatoms. The number of aromatic nitrogens is 1. The van der Waals surface area contributed by atoms with Gasteiger partial charge in [0.1, 0.15) is 19.4 Å². The van der Waals surface area contributed by atoms with Gasteiger partial charge in [-0.25, -0.2) is 4.98 Å². The lowest BCUT2D eigenvalue weighted by Gasteiger charge is -2.23. The van der Waals surface area contributed by atoms with E-state index in [0.717, 1.165) is 24.7 Å². The lowest BCUT2D eigenvalue weighted by Crippen LogP contribution is -2.36. The topological polar surface area (TPSA) is 122 Å². The molecule has 0 aliphatic heterocycles. The van der Waals surface area contributed by atoms with E-state index in [1.165, 1.54) is 4.90 Å². The van der Waals surface area contributed by atoms with E-state index in [1.807, 2.05) is 20.8 Å². The van der Waals surface area contributed by atoms with Crippen LogP contribution >= 0.6 is 0 Å². The summed E-state index contributed by atoms with van der Waals surface area (Å²) in [6.07, 6.45) is 2.84. The number of carbonyl (C=O) groups is 2. The molecular formula is C22H25BN6O2. The summed E-state index contributed by atoms with van der Waals surface area (Å²) < 4.78 is 0. The number of rotatable bonds is 7. The van der Waals surface area contributed by atoms with Crippen molar-refractivity contribution in [3.05, 3.63) is 47.2 Å². The Kier molecular flexibility index (Phi) is 6.53. The van der Waals surface area contributed by atoms with Crippen molar-refractivity contribution < 1.29 is 9.59 Å². The number of carbonyl (C=O) groups excluding carboxylic acids is 2. The number of anilines is 2. The maximum Gasteiger partial charge on any atom is 0.256 e. The molecule has 4 N–H and O–H groups in total. The molecule has 3 rings (SSSR count). The Hall–Kier alpha value is -3.49. The summed E-state index contributed by atoms with van der Waals surface area (Å²) in [6.45, 7) is 5.55. The second-order valence-corrected chi connectivity index (χ2v) is 7.86. The number of hydrogen-bond donors (Lipinski definition) is 4. The molecule has 8 nitrogen and oxygen atoms in total. The van der Waals surface area contributed by atoms with Crippen LogP contribution in [0.2, 0.25) is 0 Å². The number of aryl methyl sites for hydroxylation is 1. The molecule has 1 aromatic heterocycles. The number of amides is 2. The summed E-state index contributed by atoms with van der Waals surface area (Å²) in [7, 11) is 6.06. The molecule has 158 valence electrons. The lowest BCUT2D eigenvalue weighted by molar-refractivity contribution is -0.117. The predicted molar refractivity (Wildman–Crippen MR) is 123 cm³/mol. The Labute approximate surface area is 182 Å². The highest BCUT2D eigenvalue weighted by Crippen LogP contribution is 2.30. The summed E-state index contributed by atoms with van der Waals surface area (Å²) in [5.41, 5.74) is 2.17. The Morgan fingerprint density at radius 1 is 1.26 bits per heavy atom. The first-order valence-corrected chi connectivity index (χ1v) is 10.1. The van der Waals surface area contributed by atoms with Crippen molar-refractivity contribution in [3.8, 4) is 0 Å². The summed E-state index contributed by atoms with van der Waals surface area (Å²) in [5, 5.41) is 21.4. The molecule has 1 aliphatic carbocycles. The van der Waals surface area contributed by atoms with Crippen molar-refractivity contribution in [1.82, 2.24) is 9.88 Å². The highest BCUT2D eigenvalue weighted by molar-refractivity contribution is 6.37. The summed E-state index contributed by atoms with van der Waals surface area (Å²) in [4.78, 5) is 30.8. The Balaban J connectivity index is 1.80. The molecule has 1 fully saturated rings. The van der Waals surface area contributed by atoms with Gasteiger partial charge in [-0.15, -0.1) is 0 Å². The van der Waals surface area contributed by atoms with Crippen LogP contribution in [-0.2, 0) is 4.79 Å². The van der Waals surface area contributed by atoms with Gasteiger partial charge in [-0.05, 0) is 57.4 Å². The smallest absolute Gasteiger partial charge is 0.256 e. The number of hydrogen-bond acceptors (Lipinski definition) is 5. The number of nitrogens with one attached hydrogen (secondary N) is 4. The van der Waals surface area contributed by atoms with E-state index in [9.17, 15) is 9.59 Å². The van der Waals surface area contributed by atoms with Gasteiger partial charge in [-0.1, -0.05) is 17.6 Å². The average molecular weight is 416 g/mol. The third kappa shape index (κ3) is 5.17. The van der Waals surface area contributed by atoms with Gasteiger partial charge in [-0.3, -0.25) is 20.4 Å². The van der Waals surface area contributed by atoms with E-state index in [1.54, 1.807) is 30.3 Å². The van der Waals surface area contributed by atoms with Crippen molar-refractivity contribution in [3.63, 3.8) is 0 Å². The molecule has 0 spiro atoms. The van der Waals surface area contributed by atoms with Crippen LogP contribution in [0.1, 0.15) is 48.3 Å². The minimum atomic E-state index is -0.469. The van der Waals surface area contributed by atoms with E-state index in [-0.39, 0.29) is 40.5 Å². The van der Waals surface area contributed by atoms with Gasteiger partial charge in [0.2, 0.25) is 5.91 Å². The van der Waals surface area contributed by atoms with Gasteiger partial charge >= 0.3 is 0 Å². The van der Waals surface area contributed by atoms with Crippen molar-refractivity contribution in [1.29, 1.82) is 10.8 Å². The van der Waals surface area contributed by atoms with Crippen molar-refractivity contribution >= 4 is 48.8 Å². The van der Waals surface area contributed by atoms with Crippen LogP contribution in [0.3, 0.4) is 0 Å². The normalized spacial score (nSPS) is 12.9. The number of nitrogens with zero attached hydrogens (tertiary/aromatic N) is 2. The minimum absolute atomic E-state index is 0.0443. The SMILES string of the molecule is [B]c1cc(C)c(NC(=O)C2CC2)cc1C(=O)Nc1cccc(C(=N)N(C=N)C(C)C)n1. The van der Waals surface area contributed by atoms with Crippen molar-refractivity contribution in [2.24, 2.45) is 5.92 Å². The Bertz CT molecular complexity index is 1050. The quantitative estimate of drug-likeness (QED) is 0.315. The maximum absolute atomic E-state index is 12.9. The van der Waals surface area contributed by atoms with Crippen LogP contribution in [0.15, 0.2) is 30.3 Å². The summed E-state index contributed by atoms with van der Waals surface area (Å²) in [5.74, 6) is -0.162. The zero-order valence-corrected chi connectivity index (χ0v) is 17.8. The molecule has 2 amide bonds. The van der Waals surface area contributed by atoms with Crippen LogP contribution < -0.4 is 16.1 Å². The molecule has 31 heavy (non-hydrogen) atoms. The molecule has 2 radical (unpaired) electrons. The second-order valence-electron chi connectivity index (χ2n) is 7.86.